The highest BCUT2D eigenvalue weighted by molar-refractivity contribution is 6.32. The molecule has 0 aliphatic carbocycles. The van der Waals surface area contributed by atoms with Gasteiger partial charge in [-0.1, -0.05) is 11.6 Å². The summed E-state index contributed by atoms with van der Waals surface area (Å²) in [4.78, 5) is 28.4. The predicted molar refractivity (Wildman–Crippen MR) is 78.8 cm³/mol. The second kappa shape index (κ2) is 6.76. The molecule has 2 rings (SSSR count). The minimum atomic E-state index is -4.55. The second-order valence-corrected chi connectivity index (χ2v) is 4.99. The van der Waals surface area contributed by atoms with E-state index in [1.165, 1.54) is 0 Å². The van der Waals surface area contributed by atoms with Gasteiger partial charge in [0.1, 0.15) is 17.5 Å². The van der Waals surface area contributed by atoms with E-state index in [0.717, 1.165) is 16.8 Å². The molecular weight excluding hydrogens is 351 g/mol. The molecule has 11 heteroatoms. The Labute approximate surface area is 137 Å². The standard InChI is InChI=1S/C13H9ClF3N5O2/c14-9-3-8(13(15,16)17)5-20-10(9)19-1-2-22-6-7(4-18)11(23)21-12(22)24/h3,5-6H,1-2H2,(H,19,20)(H,21,23,24). The molecule has 2 N–H and O–H groups in total. The fourth-order valence-corrected chi connectivity index (χ4v) is 2.01. The van der Waals surface area contributed by atoms with Gasteiger partial charge in [0.15, 0.2) is 0 Å². The van der Waals surface area contributed by atoms with Crippen LogP contribution in [0.5, 0.6) is 0 Å². The van der Waals surface area contributed by atoms with Crippen LogP contribution in [-0.4, -0.2) is 21.1 Å². The van der Waals surface area contributed by atoms with E-state index < -0.39 is 23.0 Å². The summed E-state index contributed by atoms with van der Waals surface area (Å²) in [5.41, 5.74) is -2.72. The zero-order valence-electron chi connectivity index (χ0n) is 11.8. The van der Waals surface area contributed by atoms with Crippen molar-refractivity contribution >= 4 is 17.4 Å². The summed E-state index contributed by atoms with van der Waals surface area (Å²) in [5.74, 6) is 0.0163. The number of hydrogen-bond donors (Lipinski definition) is 2. The molecule has 0 aromatic carbocycles. The number of nitrogens with zero attached hydrogens (tertiary/aromatic N) is 3. The average molecular weight is 360 g/mol. The van der Waals surface area contributed by atoms with Gasteiger partial charge in [-0.05, 0) is 6.07 Å². The van der Waals surface area contributed by atoms with Crippen molar-refractivity contribution in [1.82, 2.24) is 14.5 Å². The number of halogens is 4. The summed E-state index contributed by atoms with van der Waals surface area (Å²) < 4.78 is 38.6. The Bertz CT molecular complexity index is 914. The summed E-state index contributed by atoms with van der Waals surface area (Å²) in [6.45, 7) is 0.109. The van der Waals surface area contributed by atoms with Crippen molar-refractivity contribution in [3.8, 4) is 6.07 Å². The number of nitriles is 1. The Hall–Kier alpha value is -2.80. The van der Waals surface area contributed by atoms with Gasteiger partial charge < -0.3 is 5.32 Å². The van der Waals surface area contributed by atoms with E-state index in [-0.39, 0.29) is 29.5 Å². The highest BCUT2D eigenvalue weighted by Crippen LogP contribution is 2.32. The highest BCUT2D eigenvalue weighted by atomic mass is 35.5. The quantitative estimate of drug-likeness (QED) is 0.862. The molecule has 2 heterocycles. The minimum absolute atomic E-state index is 0.0163. The van der Waals surface area contributed by atoms with Crippen molar-refractivity contribution < 1.29 is 13.2 Å². The van der Waals surface area contributed by atoms with Crippen LogP contribution in [0.4, 0.5) is 19.0 Å². The molecular formula is C13H9ClF3N5O2. The van der Waals surface area contributed by atoms with E-state index in [1.807, 2.05) is 4.98 Å². The largest absolute Gasteiger partial charge is 0.417 e. The lowest BCUT2D eigenvalue weighted by Gasteiger charge is -2.11. The Morgan fingerprint density at radius 1 is 1.42 bits per heavy atom. The molecule has 24 heavy (non-hydrogen) atoms. The van der Waals surface area contributed by atoms with E-state index in [2.05, 4.69) is 10.3 Å². The summed E-state index contributed by atoms with van der Waals surface area (Å²) >= 11 is 5.73. The molecule has 0 aliphatic rings. The molecule has 0 saturated heterocycles. The third kappa shape index (κ3) is 3.94. The number of nitrogens with one attached hydrogen (secondary N) is 2. The van der Waals surface area contributed by atoms with Crippen LogP contribution in [0.2, 0.25) is 5.02 Å². The first kappa shape index (κ1) is 17.6. The zero-order valence-corrected chi connectivity index (χ0v) is 12.6. The SMILES string of the molecule is N#Cc1cn(CCNc2ncc(C(F)(F)F)cc2Cl)c(=O)[nH]c1=O. The van der Waals surface area contributed by atoms with Crippen LogP contribution in [-0.2, 0) is 12.7 Å². The topological polar surface area (TPSA) is 104 Å². The number of hydrogen-bond acceptors (Lipinski definition) is 5. The van der Waals surface area contributed by atoms with Crippen molar-refractivity contribution in [1.29, 1.82) is 5.26 Å². The van der Waals surface area contributed by atoms with Gasteiger partial charge in [-0.25, -0.2) is 9.78 Å². The van der Waals surface area contributed by atoms with Crippen molar-refractivity contribution in [3.05, 3.63) is 55.4 Å². The molecule has 2 aromatic rings. The van der Waals surface area contributed by atoms with Gasteiger partial charge in [-0.2, -0.15) is 18.4 Å². The van der Waals surface area contributed by atoms with Crippen molar-refractivity contribution in [2.45, 2.75) is 12.7 Å². The van der Waals surface area contributed by atoms with Gasteiger partial charge in [0, 0.05) is 25.5 Å². The summed E-state index contributed by atoms with van der Waals surface area (Å²) in [6, 6.07) is 2.37. The van der Waals surface area contributed by atoms with Gasteiger partial charge in [0.05, 0.1) is 10.6 Å². The molecule has 126 valence electrons. The van der Waals surface area contributed by atoms with Gasteiger partial charge in [-0.3, -0.25) is 14.3 Å². The fourth-order valence-electron chi connectivity index (χ4n) is 1.77. The molecule has 0 aliphatic heterocycles. The second-order valence-electron chi connectivity index (χ2n) is 4.59. The Morgan fingerprint density at radius 2 is 2.12 bits per heavy atom. The van der Waals surface area contributed by atoms with Crippen LogP contribution in [0, 0.1) is 11.3 Å². The van der Waals surface area contributed by atoms with E-state index >= 15 is 0 Å². The van der Waals surface area contributed by atoms with E-state index in [1.54, 1.807) is 6.07 Å². The maximum absolute atomic E-state index is 12.5. The number of aromatic amines is 1. The van der Waals surface area contributed by atoms with Crippen LogP contribution < -0.4 is 16.6 Å². The highest BCUT2D eigenvalue weighted by Gasteiger charge is 2.31. The number of anilines is 1. The minimum Gasteiger partial charge on any atom is -0.367 e. The number of rotatable bonds is 4. The number of H-pyrrole nitrogens is 1. The molecule has 0 radical (unpaired) electrons. The molecule has 0 amide bonds. The summed E-state index contributed by atoms with van der Waals surface area (Å²) in [5, 5.41) is 11.2. The molecule has 7 nitrogen and oxygen atoms in total. The van der Waals surface area contributed by atoms with E-state index in [9.17, 15) is 22.8 Å². The summed E-state index contributed by atoms with van der Waals surface area (Å²) in [7, 11) is 0. The van der Waals surface area contributed by atoms with Crippen LogP contribution in [0.3, 0.4) is 0 Å². The smallest absolute Gasteiger partial charge is 0.367 e. The third-order valence-corrected chi connectivity index (χ3v) is 3.23. The lowest BCUT2D eigenvalue weighted by Crippen LogP contribution is -2.32. The fraction of sp³-hybridized carbons (Fsp3) is 0.231. The lowest BCUT2D eigenvalue weighted by atomic mass is 10.3. The molecule has 2 aromatic heterocycles. The Kier molecular flexibility index (Phi) is 4.94. The predicted octanol–water partition coefficient (Wildman–Crippen LogP) is 1.59. The molecule has 0 spiro atoms. The zero-order chi connectivity index (χ0) is 17.9. The van der Waals surface area contributed by atoms with Crippen LogP contribution >= 0.6 is 11.6 Å². The molecule has 0 bridgehead atoms. The summed E-state index contributed by atoms with van der Waals surface area (Å²) in [6.07, 6.45) is -2.83. The lowest BCUT2D eigenvalue weighted by molar-refractivity contribution is -0.137. The molecule has 0 unspecified atom stereocenters. The maximum atomic E-state index is 12.5. The Balaban J connectivity index is 2.09. The molecule has 0 atom stereocenters. The van der Waals surface area contributed by atoms with Crippen LogP contribution in [0.15, 0.2) is 28.0 Å². The maximum Gasteiger partial charge on any atom is 0.417 e. The molecule has 0 fully saturated rings. The van der Waals surface area contributed by atoms with Gasteiger partial charge in [-0.15, -0.1) is 0 Å². The first-order chi connectivity index (χ1) is 11.2. The number of alkyl halides is 3. The van der Waals surface area contributed by atoms with E-state index in [4.69, 9.17) is 16.9 Å². The van der Waals surface area contributed by atoms with Crippen molar-refractivity contribution in [2.24, 2.45) is 0 Å². The first-order valence-corrected chi connectivity index (χ1v) is 6.80. The third-order valence-electron chi connectivity index (χ3n) is 2.94. The first-order valence-electron chi connectivity index (χ1n) is 6.43. The van der Waals surface area contributed by atoms with Gasteiger partial charge in [0.25, 0.3) is 5.56 Å². The Morgan fingerprint density at radius 3 is 2.71 bits per heavy atom. The monoisotopic (exact) mass is 359 g/mol. The van der Waals surface area contributed by atoms with Crippen molar-refractivity contribution in [3.63, 3.8) is 0 Å². The van der Waals surface area contributed by atoms with Crippen LogP contribution in [0.25, 0.3) is 0 Å². The van der Waals surface area contributed by atoms with E-state index in [0.29, 0.717) is 6.20 Å². The van der Waals surface area contributed by atoms with Gasteiger partial charge in [0.2, 0.25) is 0 Å². The number of pyridine rings is 1. The normalized spacial score (nSPS) is 11.1. The number of aromatic nitrogens is 3. The van der Waals surface area contributed by atoms with Crippen molar-refractivity contribution in [2.75, 3.05) is 11.9 Å². The average Bonchev–Trinajstić information content (AvgIpc) is 2.49. The van der Waals surface area contributed by atoms with Gasteiger partial charge >= 0.3 is 11.9 Å². The van der Waals surface area contributed by atoms with Crippen LogP contribution in [0.1, 0.15) is 11.1 Å². The molecule has 0 saturated carbocycles.